The molecule has 142 valence electrons. The fraction of sp³-hybridized carbons (Fsp3) is 0. The van der Waals surface area contributed by atoms with Crippen molar-refractivity contribution in [1.82, 2.24) is 0 Å². The first-order chi connectivity index (χ1) is 14.1. The molecule has 0 spiro atoms. The van der Waals surface area contributed by atoms with Gasteiger partial charge in [-0.15, -0.1) is 0 Å². The summed E-state index contributed by atoms with van der Waals surface area (Å²) in [6.45, 7) is 0. The molecular weight excluding hydrogens is 362 g/mol. The van der Waals surface area contributed by atoms with E-state index in [1.807, 2.05) is 60.7 Å². The Hall–Kier alpha value is -4.05. The highest BCUT2D eigenvalue weighted by molar-refractivity contribution is 6.04. The van der Waals surface area contributed by atoms with Gasteiger partial charge in [-0.2, -0.15) is 0 Å². The van der Waals surface area contributed by atoms with E-state index in [4.69, 9.17) is 0 Å². The van der Waals surface area contributed by atoms with Crippen LogP contribution in [0.4, 0.5) is 5.69 Å². The molecule has 0 aliphatic carbocycles. The lowest BCUT2D eigenvalue weighted by Crippen LogP contribution is -2.07. The summed E-state index contributed by atoms with van der Waals surface area (Å²) in [5.41, 5.74) is 3.14. The Morgan fingerprint density at radius 3 is 2.38 bits per heavy atom. The normalized spacial score (nSPS) is 11.0. The number of rotatable bonds is 4. The van der Waals surface area contributed by atoms with Gasteiger partial charge in [-0.25, -0.2) is 0 Å². The lowest BCUT2D eigenvalue weighted by molar-refractivity contribution is -0.111. The van der Waals surface area contributed by atoms with Gasteiger partial charge in [0.1, 0.15) is 11.5 Å². The van der Waals surface area contributed by atoms with Gasteiger partial charge in [-0.1, -0.05) is 48.5 Å². The fourth-order valence-electron chi connectivity index (χ4n) is 3.25. The topological polar surface area (TPSA) is 69.6 Å². The number of para-hydroxylation sites is 1. The number of fused-ring (bicyclic) bond motifs is 1. The van der Waals surface area contributed by atoms with Gasteiger partial charge in [0, 0.05) is 17.3 Å². The van der Waals surface area contributed by atoms with Crippen molar-refractivity contribution in [2.45, 2.75) is 0 Å². The highest BCUT2D eigenvalue weighted by Crippen LogP contribution is 2.32. The van der Waals surface area contributed by atoms with E-state index in [0.29, 0.717) is 11.3 Å². The molecule has 0 radical (unpaired) electrons. The van der Waals surface area contributed by atoms with Crippen LogP contribution < -0.4 is 5.32 Å². The van der Waals surface area contributed by atoms with Crippen molar-refractivity contribution in [2.24, 2.45) is 0 Å². The minimum atomic E-state index is -0.274. The summed E-state index contributed by atoms with van der Waals surface area (Å²) in [6, 6.07) is 25.5. The van der Waals surface area contributed by atoms with Crippen LogP contribution in [0.2, 0.25) is 0 Å². The zero-order valence-electron chi connectivity index (χ0n) is 15.5. The fourth-order valence-corrected chi connectivity index (χ4v) is 3.25. The zero-order chi connectivity index (χ0) is 20.2. The number of hydrogen-bond acceptors (Lipinski definition) is 3. The average molecular weight is 381 g/mol. The molecule has 1 amide bonds. The van der Waals surface area contributed by atoms with Gasteiger partial charge in [-0.3, -0.25) is 4.79 Å². The number of anilines is 1. The monoisotopic (exact) mass is 381 g/mol. The molecule has 4 heteroatoms. The van der Waals surface area contributed by atoms with Crippen molar-refractivity contribution in [1.29, 1.82) is 0 Å². The third kappa shape index (κ3) is 4.12. The van der Waals surface area contributed by atoms with Crippen LogP contribution in [-0.2, 0) is 4.79 Å². The van der Waals surface area contributed by atoms with Crippen LogP contribution in [0.5, 0.6) is 11.5 Å². The molecule has 0 bridgehead atoms. The Balaban J connectivity index is 1.65. The van der Waals surface area contributed by atoms with Gasteiger partial charge in [0.15, 0.2) is 0 Å². The number of carbonyl (C=O) groups excluding carboxylic acids is 1. The van der Waals surface area contributed by atoms with E-state index in [2.05, 4.69) is 5.32 Å². The van der Waals surface area contributed by atoms with Crippen LogP contribution in [0.25, 0.3) is 28.0 Å². The molecule has 3 N–H and O–H groups in total. The van der Waals surface area contributed by atoms with Gasteiger partial charge in [-0.05, 0) is 64.4 Å². The summed E-state index contributed by atoms with van der Waals surface area (Å²) in [4.78, 5) is 12.2. The molecule has 0 saturated heterocycles. The first kappa shape index (κ1) is 18.3. The molecule has 0 atom stereocenters. The van der Waals surface area contributed by atoms with E-state index in [9.17, 15) is 15.0 Å². The third-order valence-electron chi connectivity index (χ3n) is 4.66. The molecule has 0 saturated carbocycles. The van der Waals surface area contributed by atoms with Crippen LogP contribution in [-0.4, -0.2) is 16.1 Å². The smallest absolute Gasteiger partial charge is 0.248 e. The number of phenolic OH excluding ortho intramolecular Hbond substituents is 2. The van der Waals surface area contributed by atoms with Crippen molar-refractivity contribution in [3.05, 3.63) is 96.6 Å². The SMILES string of the molecule is O=C(C=Cc1c(O)ccc2cc(-c3cccc(O)c3)ccc12)Nc1ccccc1. The number of hydrogen-bond donors (Lipinski definition) is 3. The van der Waals surface area contributed by atoms with E-state index < -0.39 is 0 Å². The summed E-state index contributed by atoms with van der Waals surface area (Å²) in [5, 5.41) is 24.6. The summed E-state index contributed by atoms with van der Waals surface area (Å²) in [5.74, 6) is 0.0386. The third-order valence-corrected chi connectivity index (χ3v) is 4.66. The molecule has 0 aromatic heterocycles. The molecule has 4 aromatic rings. The van der Waals surface area contributed by atoms with Gasteiger partial charge in [0.25, 0.3) is 0 Å². The van der Waals surface area contributed by atoms with Crippen molar-refractivity contribution in [2.75, 3.05) is 5.32 Å². The van der Waals surface area contributed by atoms with Crippen LogP contribution in [0.15, 0.2) is 91.0 Å². The largest absolute Gasteiger partial charge is 0.508 e. The Morgan fingerprint density at radius 1 is 0.793 bits per heavy atom. The minimum Gasteiger partial charge on any atom is -0.508 e. The molecule has 4 nitrogen and oxygen atoms in total. The quantitative estimate of drug-likeness (QED) is 0.405. The molecule has 4 rings (SSSR count). The van der Waals surface area contributed by atoms with E-state index in [1.165, 1.54) is 6.08 Å². The lowest BCUT2D eigenvalue weighted by atomic mass is 9.97. The lowest BCUT2D eigenvalue weighted by Gasteiger charge is -2.09. The summed E-state index contributed by atoms with van der Waals surface area (Å²) < 4.78 is 0. The summed E-state index contributed by atoms with van der Waals surface area (Å²) in [7, 11) is 0. The Bertz CT molecular complexity index is 1210. The van der Waals surface area contributed by atoms with E-state index in [0.717, 1.165) is 21.9 Å². The van der Waals surface area contributed by atoms with E-state index in [1.54, 1.807) is 30.3 Å². The highest BCUT2D eigenvalue weighted by Gasteiger charge is 2.07. The van der Waals surface area contributed by atoms with Crippen LogP contribution in [0.3, 0.4) is 0 Å². The molecule has 29 heavy (non-hydrogen) atoms. The number of carbonyl (C=O) groups is 1. The number of phenols is 2. The molecule has 0 unspecified atom stereocenters. The van der Waals surface area contributed by atoms with Crippen LogP contribution >= 0.6 is 0 Å². The number of nitrogens with one attached hydrogen (secondary N) is 1. The molecule has 4 aromatic carbocycles. The molecular formula is C25H19NO3. The van der Waals surface area contributed by atoms with Crippen molar-refractivity contribution in [3.8, 4) is 22.6 Å². The number of amides is 1. The minimum absolute atomic E-state index is 0.103. The first-order valence-electron chi connectivity index (χ1n) is 9.19. The van der Waals surface area contributed by atoms with Crippen molar-refractivity contribution < 1.29 is 15.0 Å². The standard InChI is InChI=1S/C25H19NO3/c27-21-8-4-5-17(16-21)18-9-11-22-19(15-18)10-13-24(28)23(22)12-14-25(29)26-20-6-2-1-3-7-20/h1-16,27-28H,(H,26,29). The van der Waals surface area contributed by atoms with Crippen molar-refractivity contribution in [3.63, 3.8) is 0 Å². The van der Waals surface area contributed by atoms with Crippen molar-refractivity contribution >= 4 is 28.4 Å². The molecule has 0 heterocycles. The summed E-state index contributed by atoms with van der Waals surface area (Å²) >= 11 is 0. The Labute approximate surface area is 168 Å². The molecule has 0 aliphatic heterocycles. The Kier molecular flexibility index (Phi) is 4.99. The molecule has 0 aliphatic rings. The van der Waals surface area contributed by atoms with Gasteiger partial charge < -0.3 is 15.5 Å². The van der Waals surface area contributed by atoms with Gasteiger partial charge in [0.2, 0.25) is 5.91 Å². The van der Waals surface area contributed by atoms with Gasteiger partial charge in [0.05, 0.1) is 0 Å². The maximum atomic E-state index is 12.2. The zero-order valence-corrected chi connectivity index (χ0v) is 15.5. The van der Waals surface area contributed by atoms with E-state index in [-0.39, 0.29) is 17.4 Å². The second-order valence-electron chi connectivity index (χ2n) is 6.67. The molecule has 0 fully saturated rings. The first-order valence-corrected chi connectivity index (χ1v) is 9.19. The number of aromatic hydroxyl groups is 2. The maximum absolute atomic E-state index is 12.2. The van der Waals surface area contributed by atoms with Crippen LogP contribution in [0.1, 0.15) is 5.56 Å². The highest BCUT2D eigenvalue weighted by atomic mass is 16.3. The Morgan fingerprint density at radius 2 is 1.59 bits per heavy atom. The second kappa shape index (κ2) is 7.90. The predicted molar refractivity (Wildman–Crippen MR) is 117 cm³/mol. The number of benzene rings is 4. The maximum Gasteiger partial charge on any atom is 0.248 e. The average Bonchev–Trinajstić information content (AvgIpc) is 2.73. The summed E-state index contributed by atoms with van der Waals surface area (Å²) in [6.07, 6.45) is 3.02. The van der Waals surface area contributed by atoms with Crippen LogP contribution in [0, 0.1) is 0 Å². The second-order valence-corrected chi connectivity index (χ2v) is 6.67. The predicted octanol–water partition coefficient (Wildman–Crippen LogP) is 5.57. The van der Waals surface area contributed by atoms with E-state index >= 15 is 0 Å². The van der Waals surface area contributed by atoms with Gasteiger partial charge >= 0.3 is 0 Å².